The van der Waals surface area contributed by atoms with Gasteiger partial charge in [0.2, 0.25) is 0 Å². The standard InChI is InChI=1S/C10H15N3O4/c1-13(5-7(14)6-17-2)10(16)8-3-12-9(15)4-11-8/h3-4,7,14H,5-6H2,1-2H3,(H,12,15). The number of rotatable bonds is 5. The number of aromatic amines is 1. The SMILES string of the molecule is COCC(O)CN(C)C(=O)c1c[nH]c(=O)cn1. The number of nitrogens with one attached hydrogen (secondary N) is 1. The van der Waals surface area contributed by atoms with Crippen LogP contribution < -0.4 is 5.56 Å². The highest BCUT2D eigenvalue weighted by molar-refractivity contribution is 5.91. The number of carbonyl (C=O) groups excluding carboxylic acids is 1. The van der Waals surface area contributed by atoms with E-state index < -0.39 is 6.10 Å². The third kappa shape index (κ3) is 3.97. The monoisotopic (exact) mass is 241 g/mol. The summed E-state index contributed by atoms with van der Waals surface area (Å²) in [5.74, 6) is -0.378. The van der Waals surface area contributed by atoms with Crippen LogP contribution >= 0.6 is 0 Å². The van der Waals surface area contributed by atoms with Crippen LogP contribution in [0.3, 0.4) is 0 Å². The van der Waals surface area contributed by atoms with E-state index in [0.29, 0.717) is 0 Å². The molecule has 1 atom stereocenters. The first-order chi connectivity index (χ1) is 8.04. The molecule has 0 radical (unpaired) electrons. The number of amides is 1. The predicted molar refractivity (Wildman–Crippen MR) is 59.7 cm³/mol. The fourth-order valence-electron chi connectivity index (χ4n) is 1.30. The van der Waals surface area contributed by atoms with Gasteiger partial charge in [0.25, 0.3) is 11.5 Å². The summed E-state index contributed by atoms with van der Waals surface area (Å²) in [5.41, 5.74) is -0.250. The number of H-pyrrole nitrogens is 1. The van der Waals surface area contributed by atoms with Crippen LogP contribution in [0.1, 0.15) is 10.5 Å². The number of hydrogen-bond acceptors (Lipinski definition) is 5. The zero-order chi connectivity index (χ0) is 12.8. The van der Waals surface area contributed by atoms with E-state index in [1.165, 1.54) is 25.3 Å². The van der Waals surface area contributed by atoms with Crippen molar-refractivity contribution in [2.45, 2.75) is 6.10 Å². The Kier molecular flexibility index (Phi) is 4.80. The molecule has 1 unspecified atom stereocenters. The Morgan fingerprint density at radius 1 is 1.71 bits per heavy atom. The van der Waals surface area contributed by atoms with Crippen LogP contribution in [0.25, 0.3) is 0 Å². The van der Waals surface area contributed by atoms with Gasteiger partial charge in [0, 0.05) is 26.9 Å². The van der Waals surface area contributed by atoms with Gasteiger partial charge in [-0.05, 0) is 0 Å². The van der Waals surface area contributed by atoms with Gasteiger partial charge >= 0.3 is 0 Å². The molecule has 1 heterocycles. The van der Waals surface area contributed by atoms with Crippen molar-refractivity contribution < 1.29 is 14.6 Å². The van der Waals surface area contributed by atoms with E-state index in [9.17, 15) is 14.7 Å². The number of ether oxygens (including phenoxy) is 1. The Hall–Kier alpha value is -1.73. The topological polar surface area (TPSA) is 95.5 Å². The third-order valence-corrected chi connectivity index (χ3v) is 2.08. The first-order valence-corrected chi connectivity index (χ1v) is 5.01. The molecule has 0 spiro atoms. The molecule has 0 saturated heterocycles. The number of methoxy groups -OCH3 is 1. The number of nitrogens with zero attached hydrogens (tertiary/aromatic N) is 2. The van der Waals surface area contributed by atoms with Crippen molar-refractivity contribution in [3.8, 4) is 0 Å². The molecule has 0 aliphatic heterocycles. The van der Waals surface area contributed by atoms with Gasteiger partial charge in [-0.15, -0.1) is 0 Å². The summed E-state index contributed by atoms with van der Waals surface area (Å²) in [6.45, 7) is 0.282. The smallest absolute Gasteiger partial charge is 0.273 e. The zero-order valence-corrected chi connectivity index (χ0v) is 9.71. The molecule has 0 bridgehead atoms. The highest BCUT2D eigenvalue weighted by atomic mass is 16.5. The van der Waals surface area contributed by atoms with Gasteiger partial charge in [-0.3, -0.25) is 9.59 Å². The molecule has 2 N–H and O–H groups in total. The molecule has 0 aliphatic rings. The van der Waals surface area contributed by atoms with Crippen LogP contribution in [0.2, 0.25) is 0 Å². The molecular formula is C10H15N3O4. The van der Waals surface area contributed by atoms with E-state index in [-0.39, 0.29) is 30.3 Å². The van der Waals surface area contributed by atoms with E-state index in [2.05, 4.69) is 9.97 Å². The van der Waals surface area contributed by atoms with Gasteiger partial charge in [0.05, 0.1) is 18.9 Å². The number of hydrogen-bond donors (Lipinski definition) is 2. The fraction of sp³-hybridized carbons (Fsp3) is 0.500. The Morgan fingerprint density at radius 3 is 2.94 bits per heavy atom. The number of carbonyl (C=O) groups is 1. The lowest BCUT2D eigenvalue weighted by atomic mass is 10.3. The number of likely N-dealkylation sites (N-methyl/N-ethyl adjacent to an activating group) is 1. The lowest BCUT2D eigenvalue weighted by Gasteiger charge is -2.19. The lowest BCUT2D eigenvalue weighted by Crippen LogP contribution is -2.36. The Bertz CT molecular complexity index is 411. The Labute approximate surface area is 98.1 Å². The average Bonchev–Trinajstić information content (AvgIpc) is 2.29. The van der Waals surface area contributed by atoms with Crippen LogP contribution in [0.15, 0.2) is 17.2 Å². The number of aliphatic hydroxyl groups is 1. The summed E-state index contributed by atoms with van der Waals surface area (Å²) < 4.78 is 4.75. The van der Waals surface area contributed by atoms with Gasteiger partial charge in [-0.1, -0.05) is 0 Å². The molecule has 94 valence electrons. The van der Waals surface area contributed by atoms with E-state index >= 15 is 0 Å². The van der Waals surface area contributed by atoms with Crippen LogP contribution in [-0.2, 0) is 4.74 Å². The summed E-state index contributed by atoms with van der Waals surface area (Å²) in [4.78, 5) is 29.9. The zero-order valence-electron chi connectivity index (χ0n) is 9.71. The maximum absolute atomic E-state index is 11.8. The van der Waals surface area contributed by atoms with Crippen molar-refractivity contribution in [2.75, 3.05) is 27.3 Å². The molecule has 17 heavy (non-hydrogen) atoms. The molecule has 7 nitrogen and oxygen atoms in total. The van der Waals surface area contributed by atoms with Crippen LogP contribution in [0.4, 0.5) is 0 Å². The third-order valence-electron chi connectivity index (χ3n) is 2.08. The van der Waals surface area contributed by atoms with Crippen molar-refractivity contribution in [1.29, 1.82) is 0 Å². The van der Waals surface area contributed by atoms with Gasteiger partial charge in [-0.2, -0.15) is 0 Å². The van der Waals surface area contributed by atoms with Gasteiger partial charge in [0.1, 0.15) is 5.69 Å². The van der Waals surface area contributed by atoms with Gasteiger partial charge < -0.3 is 19.7 Å². The first-order valence-electron chi connectivity index (χ1n) is 5.01. The summed E-state index contributed by atoms with van der Waals surface area (Å²) >= 11 is 0. The van der Waals surface area contributed by atoms with E-state index in [1.807, 2.05) is 0 Å². The van der Waals surface area contributed by atoms with Crippen molar-refractivity contribution >= 4 is 5.91 Å². The van der Waals surface area contributed by atoms with E-state index in [0.717, 1.165) is 6.20 Å². The second-order valence-electron chi connectivity index (χ2n) is 3.59. The Balaban J connectivity index is 2.63. The van der Waals surface area contributed by atoms with E-state index in [1.54, 1.807) is 0 Å². The molecule has 7 heteroatoms. The molecule has 0 fully saturated rings. The van der Waals surface area contributed by atoms with Crippen LogP contribution in [-0.4, -0.2) is 59.3 Å². The highest BCUT2D eigenvalue weighted by Gasteiger charge is 2.16. The quantitative estimate of drug-likeness (QED) is 0.678. The second-order valence-corrected chi connectivity index (χ2v) is 3.59. The van der Waals surface area contributed by atoms with Gasteiger partial charge in [0.15, 0.2) is 0 Å². The summed E-state index contributed by atoms with van der Waals surface area (Å²) in [7, 11) is 3.00. The van der Waals surface area contributed by atoms with Crippen molar-refractivity contribution in [3.63, 3.8) is 0 Å². The second kappa shape index (κ2) is 6.12. The lowest BCUT2D eigenvalue weighted by molar-refractivity contribution is 0.0377. The minimum atomic E-state index is -0.753. The van der Waals surface area contributed by atoms with Crippen molar-refractivity contribution in [1.82, 2.24) is 14.9 Å². The van der Waals surface area contributed by atoms with Crippen molar-refractivity contribution in [2.24, 2.45) is 0 Å². The maximum Gasteiger partial charge on any atom is 0.273 e. The summed E-state index contributed by atoms with van der Waals surface area (Å²) in [5, 5.41) is 9.46. The van der Waals surface area contributed by atoms with Crippen LogP contribution in [0.5, 0.6) is 0 Å². The molecule has 1 rings (SSSR count). The molecule has 0 aliphatic carbocycles. The van der Waals surface area contributed by atoms with E-state index in [4.69, 9.17) is 4.74 Å². The molecule has 1 aromatic heterocycles. The average molecular weight is 241 g/mol. The largest absolute Gasteiger partial charge is 0.389 e. The molecule has 1 aromatic rings. The minimum Gasteiger partial charge on any atom is -0.389 e. The molecule has 1 amide bonds. The first kappa shape index (κ1) is 13.3. The molecule has 0 aromatic carbocycles. The van der Waals surface area contributed by atoms with Crippen molar-refractivity contribution in [3.05, 3.63) is 28.4 Å². The molecular weight excluding hydrogens is 226 g/mol. The molecule has 0 saturated carbocycles. The van der Waals surface area contributed by atoms with Crippen LogP contribution in [0, 0.1) is 0 Å². The number of aliphatic hydroxyl groups excluding tert-OH is 1. The minimum absolute atomic E-state index is 0.122. The Morgan fingerprint density at radius 2 is 2.41 bits per heavy atom. The number of aromatic nitrogens is 2. The highest BCUT2D eigenvalue weighted by Crippen LogP contribution is 1.98. The maximum atomic E-state index is 11.8. The summed E-state index contributed by atoms with van der Waals surface area (Å²) in [6, 6.07) is 0. The predicted octanol–water partition coefficient (Wildman–Crippen LogP) is -1.15. The normalized spacial score (nSPS) is 12.2. The summed E-state index contributed by atoms with van der Waals surface area (Å²) in [6.07, 6.45) is 1.52. The van der Waals surface area contributed by atoms with Gasteiger partial charge in [-0.25, -0.2) is 4.98 Å². The fourth-order valence-corrected chi connectivity index (χ4v) is 1.30.